The zero-order valence-corrected chi connectivity index (χ0v) is 19.1. The van der Waals surface area contributed by atoms with Crippen molar-refractivity contribution < 1.29 is 9.53 Å². The first kappa shape index (κ1) is 25.4. The molecule has 0 radical (unpaired) electrons. The number of allylic oxidation sites excluding steroid dienone is 3. The molecule has 164 valence electrons. The second-order valence-electron chi connectivity index (χ2n) is 6.17. The van der Waals surface area contributed by atoms with E-state index >= 15 is 0 Å². The van der Waals surface area contributed by atoms with Crippen LogP contribution in [0.15, 0.2) is 71.2 Å². The second-order valence-corrected chi connectivity index (χ2v) is 6.17. The van der Waals surface area contributed by atoms with Crippen molar-refractivity contribution in [1.29, 1.82) is 0 Å². The molecule has 2 aromatic rings. The van der Waals surface area contributed by atoms with Gasteiger partial charge in [-0.2, -0.15) is 5.10 Å². The first-order valence-electron chi connectivity index (χ1n) is 10.1. The van der Waals surface area contributed by atoms with Crippen molar-refractivity contribution in [2.45, 2.75) is 34.2 Å². The van der Waals surface area contributed by atoms with Crippen LogP contribution in [0.25, 0.3) is 12.7 Å². The quantitative estimate of drug-likeness (QED) is 0.397. The Hall–Kier alpha value is -3.67. The van der Waals surface area contributed by atoms with E-state index in [-0.39, 0.29) is 5.97 Å². The summed E-state index contributed by atoms with van der Waals surface area (Å²) in [5, 5.41) is 9.27. The van der Waals surface area contributed by atoms with Gasteiger partial charge in [0, 0.05) is 23.1 Å². The first-order chi connectivity index (χ1) is 14.9. The van der Waals surface area contributed by atoms with Gasteiger partial charge < -0.3 is 10.1 Å². The summed E-state index contributed by atoms with van der Waals surface area (Å²) >= 11 is 0. The van der Waals surface area contributed by atoms with Crippen molar-refractivity contribution in [2.75, 3.05) is 12.4 Å². The molecule has 0 amide bonds. The fourth-order valence-corrected chi connectivity index (χ4v) is 2.72. The monoisotopic (exact) mass is 420 g/mol. The Labute approximate surface area is 184 Å². The number of carbonyl (C=O) groups is 1. The third kappa shape index (κ3) is 6.96. The summed E-state index contributed by atoms with van der Waals surface area (Å²) in [4.78, 5) is 15.7. The fraction of sp³-hybridized carbons (Fsp3) is 0.240. The maximum absolute atomic E-state index is 11.5. The molecule has 0 aliphatic rings. The second kappa shape index (κ2) is 12.8. The van der Waals surface area contributed by atoms with Gasteiger partial charge in [0.2, 0.25) is 0 Å². The molecule has 0 aliphatic heterocycles. The van der Waals surface area contributed by atoms with E-state index in [4.69, 9.17) is 4.74 Å². The van der Waals surface area contributed by atoms with E-state index < -0.39 is 0 Å². The van der Waals surface area contributed by atoms with Crippen LogP contribution in [0.3, 0.4) is 0 Å². The van der Waals surface area contributed by atoms with Crippen LogP contribution in [0.2, 0.25) is 0 Å². The molecule has 0 aliphatic carbocycles. The summed E-state index contributed by atoms with van der Waals surface area (Å²) in [5.41, 5.74) is 3.45. The Morgan fingerprint density at radius 3 is 2.45 bits per heavy atom. The number of aliphatic imine (C=N–C) groups is 1. The molecule has 1 aromatic carbocycles. The molecule has 1 N–H and O–H groups in total. The maximum Gasteiger partial charge on any atom is 0.337 e. The van der Waals surface area contributed by atoms with Gasteiger partial charge in [-0.05, 0) is 62.6 Å². The van der Waals surface area contributed by atoms with Crippen molar-refractivity contribution in [2.24, 2.45) is 4.99 Å². The van der Waals surface area contributed by atoms with Crippen LogP contribution >= 0.6 is 0 Å². The zero-order chi connectivity index (χ0) is 23.4. The number of aryl methyl sites for hydroxylation is 1. The molecule has 0 saturated carbocycles. The van der Waals surface area contributed by atoms with E-state index in [1.807, 2.05) is 50.6 Å². The lowest BCUT2D eigenvalue weighted by atomic mass is 10.1. The summed E-state index contributed by atoms with van der Waals surface area (Å²) in [6.07, 6.45) is 7.48. The van der Waals surface area contributed by atoms with Crippen LogP contribution in [-0.4, -0.2) is 29.6 Å². The largest absolute Gasteiger partial charge is 0.465 e. The van der Waals surface area contributed by atoms with Crippen LogP contribution in [0.4, 0.5) is 5.69 Å². The lowest BCUT2D eigenvalue weighted by Gasteiger charge is -2.09. The molecule has 0 atom stereocenters. The van der Waals surface area contributed by atoms with Crippen molar-refractivity contribution in [1.82, 2.24) is 9.78 Å². The summed E-state index contributed by atoms with van der Waals surface area (Å²) < 4.78 is 6.58. The third-order valence-corrected chi connectivity index (χ3v) is 4.25. The van der Waals surface area contributed by atoms with Gasteiger partial charge >= 0.3 is 5.97 Å². The van der Waals surface area contributed by atoms with Gasteiger partial charge in [0.1, 0.15) is 0 Å². The van der Waals surface area contributed by atoms with E-state index in [0.717, 1.165) is 28.4 Å². The minimum absolute atomic E-state index is 0.377. The SMILES string of the molecule is C=NC(=C\C(=C)Nc1ccc(C(=O)OC)cc1)/C(=C/C)/C=c1\c(=C)cnn1CC.CC. The van der Waals surface area contributed by atoms with Crippen LogP contribution in [0, 0.1) is 0 Å². The number of methoxy groups -OCH3 is 1. The van der Waals surface area contributed by atoms with E-state index in [1.165, 1.54) is 7.11 Å². The van der Waals surface area contributed by atoms with Gasteiger partial charge in [0.05, 0.1) is 29.9 Å². The topological polar surface area (TPSA) is 68.5 Å². The third-order valence-electron chi connectivity index (χ3n) is 4.25. The smallest absolute Gasteiger partial charge is 0.337 e. The Morgan fingerprint density at radius 1 is 1.29 bits per heavy atom. The number of benzene rings is 1. The molecule has 1 heterocycles. The molecule has 0 unspecified atom stereocenters. The lowest BCUT2D eigenvalue weighted by molar-refractivity contribution is 0.0601. The molecule has 0 spiro atoms. The Morgan fingerprint density at radius 2 is 1.94 bits per heavy atom. The minimum Gasteiger partial charge on any atom is -0.465 e. The molecule has 31 heavy (non-hydrogen) atoms. The molecule has 6 heteroatoms. The summed E-state index contributed by atoms with van der Waals surface area (Å²) in [7, 11) is 1.35. The van der Waals surface area contributed by atoms with Crippen LogP contribution < -0.4 is 15.9 Å². The number of ether oxygens (including phenoxy) is 1. The van der Waals surface area contributed by atoms with Gasteiger partial charge in [-0.3, -0.25) is 9.67 Å². The van der Waals surface area contributed by atoms with Crippen LogP contribution in [0.5, 0.6) is 0 Å². The van der Waals surface area contributed by atoms with E-state index in [2.05, 4.69) is 35.3 Å². The molecule has 1 aromatic heterocycles. The standard InChI is InChI=1S/C23H26N4O2.C2H6/c1-7-18(14-22-16(3)15-25-27(22)8-2)21(24-5)13-17(4)26-20-11-9-19(10-12-20)23(28)29-6;1-2/h7,9-15,26H,3-5,8H2,1-2,6H3;1-2H3/b18-7+,21-13-,22-14+;. The predicted octanol–water partition coefficient (Wildman–Crippen LogP) is 4.06. The van der Waals surface area contributed by atoms with Crippen LogP contribution in [0.1, 0.15) is 38.1 Å². The molecular formula is C25H32N4O2. The van der Waals surface area contributed by atoms with Gasteiger partial charge in [0.15, 0.2) is 0 Å². The maximum atomic E-state index is 11.5. The normalized spacial score (nSPS) is 12.0. The molecular weight excluding hydrogens is 388 g/mol. The number of rotatable bonds is 8. The van der Waals surface area contributed by atoms with Crippen molar-refractivity contribution in [3.8, 4) is 0 Å². The van der Waals surface area contributed by atoms with Crippen molar-refractivity contribution in [3.63, 3.8) is 0 Å². The number of hydrogen-bond acceptors (Lipinski definition) is 5. The number of carbonyl (C=O) groups excluding carboxylic acids is 1. The number of nitrogens with one attached hydrogen (secondary N) is 1. The highest BCUT2D eigenvalue weighted by Gasteiger charge is 2.06. The number of anilines is 1. The zero-order valence-electron chi connectivity index (χ0n) is 19.1. The van der Waals surface area contributed by atoms with E-state index in [0.29, 0.717) is 17.0 Å². The number of esters is 1. The van der Waals surface area contributed by atoms with Crippen LogP contribution in [-0.2, 0) is 11.3 Å². The fourth-order valence-electron chi connectivity index (χ4n) is 2.72. The van der Waals surface area contributed by atoms with E-state index in [9.17, 15) is 4.79 Å². The van der Waals surface area contributed by atoms with Gasteiger partial charge in [-0.25, -0.2) is 4.79 Å². The first-order valence-corrected chi connectivity index (χ1v) is 10.1. The molecule has 0 fully saturated rings. The average molecular weight is 421 g/mol. The molecule has 6 nitrogen and oxygen atoms in total. The average Bonchev–Trinajstić information content (AvgIpc) is 3.16. The highest BCUT2D eigenvalue weighted by atomic mass is 16.5. The van der Waals surface area contributed by atoms with Crippen molar-refractivity contribution in [3.05, 3.63) is 82.3 Å². The molecule has 0 saturated heterocycles. The Balaban J connectivity index is 0.00000233. The highest BCUT2D eigenvalue weighted by molar-refractivity contribution is 5.89. The Bertz CT molecular complexity index is 1070. The summed E-state index contributed by atoms with van der Waals surface area (Å²) in [6.45, 7) is 20.5. The summed E-state index contributed by atoms with van der Waals surface area (Å²) in [5.74, 6) is -0.377. The van der Waals surface area contributed by atoms with Gasteiger partial charge in [0.25, 0.3) is 0 Å². The number of hydrogen-bond donors (Lipinski definition) is 1. The number of aromatic nitrogens is 2. The van der Waals surface area contributed by atoms with Gasteiger partial charge in [-0.1, -0.05) is 33.1 Å². The molecule has 2 rings (SSSR count). The minimum atomic E-state index is -0.377. The highest BCUT2D eigenvalue weighted by Crippen LogP contribution is 2.17. The lowest BCUT2D eigenvalue weighted by Crippen LogP contribution is -2.28. The molecule has 0 bridgehead atoms. The summed E-state index contributed by atoms with van der Waals surface area (Å²) in [6, 6.07) is 6.93. The van der Waals surface area contributed by atoms with Gasteiger partial charge in [-0.15, -0.1) is 0 Å². The van der Waals surface area contributed by atoms with E-state index in [1.54, 1.807) is 30.5 Å². The predicted molar refractivity (Wildman–Crippen MR) is 130 cm³/mol. The Kier molecular flexibility index (Phi) is 10.5. The van der Waals surface area contributed by atoms with Crippen molar-refractivity contribution >= 4 is 31.0 Å². The number of nitrogens with zero attached hydrogens (tertiary/aromatic N) is 3.